The van der Waals surface area contributed by atoms with Crippen LogP contribution in [-0.4, -0.2) is 54.4 Å². The minimum absolute atomic E-state index is 0.0689. The molecule has 17 heavy (non-hydrogen) atoms. The van der Waals surface area contributed by atoms with E-state index in [1.165, 1.54) is 0 Å². The Morgan fingerprint density at radius 1 is 1.35 bits per heavy atom. The lowest BCUT2D eigenvalue weighted by atomic mass is 10.3. The van der Waals surface area contributed by atoms with Crippen molar-refractivity contribution in [3.05, 3.63) is 22.4 Å². The van der Waals surface area contributed by atoms with Crippen molar-refractivity contribution >= 4 is 21.8 Å². The maximum Gasteiger partial charge on any atom is 0.270 e. The molecule has 0 aromatic carbocycles. The predicted octanol–water partition coefficient (Wildman–Crippen LogP) is 2.19. The highest BCUT2D eigenvalue weighted by Crippen LogP contribution is 2.12. The monoisotopic (exact) mass is 301 g/mol. The normalized spacial score (nSPS) is 10.9. The van der Waals surface area contributed by atoms with E-state index >= 15 is 0 Å². The Hall–Kier alpha value is -0.810. The van der Waals surface area contributed by atoms with Crippen molar-refractivity contribution in [2.24, 2.45) is 0 Å². The van der Waals surface area contributed by atoms with Gasteiger partial charge in [0.15, 0.2) is 0 Å². The number of hydrogen-bond donors (Lipinski definition) is 1. The molecule has 0 bridgehead atoms. The van der Waals surface area contributed by atoms with E-state index in [-0.39, 0.29) is 5.91 Å². The summed E-state index contributed by atoms with van der Waals surface area (Å²) < 4.78 is 0.907. The highest BCUT2D eigenvalue weighted by atomic mass is 79.9. The van der Waals surface area contributed by atoms with Gasteiger partial charge in [0.05, 0.1) is 0 Å². The Kier molecular flexibility index (Phi) is 5.71. The van der Waals surface area contributed by atoms with Gasteiger partial charge in [0, 0.05) is 30.3 Å². The van der Waals surface area contributed by atoms with Crippen LogP contribution in [0.4, 0.5) is 0 Å². The van der Waals surface area contributed by atoms with Crippen LogP contribution in [0.25, 0.3) is 0 Å². The van der Waals surface area contributed by atoms with Crippen LogP contribution in [0, 0.1) is 0 Å². The number of halogens is 1. The molecule has 0 atom stereocenters. The van der Waals surface area contributed by atoms with Gasteiger partial charge in [-0.15, -0.1) is 0 Å². The molecule has 0 aliphatic rings. The fraction of sp³-hybridized carbons (Fsp3) is 0.583. The molecular weight excluding hydrogens is 282 g/mol. The van der Waals surface area contributed by atoms with Gasteiger partial charge in [0.2, 0.25) is 0 Å². The number of hydrogen-bond acceptors (Lipinski definition) is 2. The SMILES string of the molecule is CCCN(CCN(C)C)C(=O)c1cc(Br)c[nH]1. The fourth-order valence-electron chi connectivity index (χ4n) is 1.57. The summed E-state index contributed by atoms with van der Waals surface area (Å²) in [6.07, 6.45) is 2.75. The second-order valence-corrected chi connectivity index (χ2v) is 5.24. The largest absolute Gasteiger partial charge is 0.356 e. The summed E-state index contributed by atoms with van der Waals surface area (Å²) in [5.74, 6) is 0.0689. The molecule has 1 aromatic rings. The Morgan fingerprint density at radius 2 is 2.06 bits per heavy atom. The van der Waals surface area contributed by atoms with Crippen LogP contribution in [-0.2, 0) is 0 Å². The zero-order valence-corrected chi connectivity index (χ0v) is 12.2. The molecule has 0 aliphatic carbocycles. The van der Waals surface area contributed by atoms with Crippen molar-refractivity contribution in [2.45, 2.75) is 13.3 Å². The number of likely N-dealkylation sites (N-methyl/N-ethyl adjacent to an activating group) is 1. The molecule has 1 N–H and O–H groups in total. The zero-order chi connectivity index (χ0) is 12.8. The molecule has 96 valence electrons. The Labute approximate surface area is 111 Å². The van der Waals surface area contributed by atoms with Crippen LogP contribution in [0.5, 0.6) is 0 Å². The van der Waals surface area contributed by atoms with E-state index in [4.69, 9.17) is 0 Å². The fourth-order valence-corrected chi connectivity index (χ4v) is 1.91. The van der Waals surface area contributed by atoms with Crippen molar-refractivity contribution < 1.29 is 4.79 Å². The molecule has 4 nitrogen and oxygen atoms in total. The number of carbonyl (C=O) groups is 1. The van der Waals surface area contributed by atoms with E-state index in [1.807, 2.05) is 25.1 Å². The number of carbonyl (C=O) groups excluding carboxylic acids is 1. The van der Waals surface area contributed by atoms with Gasteiger partial charge >= 0.3 is 0 Å². The van der Waals surface area contributed by atoms with E-state index in [0.717, 1.165) is 30.5 Å². The topological polar surface area (TPSA) is 39.3 Å². The second kappa shape index (κ2) is 6.81. The number of amides is 1. The minimum atomic E-state index is 0.0689. The number of aromatic nitrogens is 1. The third kappa shape index (κ3) is 4.52. The second-order valence-electron chi connectivity index (χ2n) is 4.33. The molecule has 0 saturated heterocycles. The van der Waals surface area contributed by atoms with Crippen LogP contribution < -0.4 is 0 Å². The van der Waals surface area contributed by atoms with E-state index in [1.54, 1.807) is 6.20 Å². The highest BCUT2D eigenvalue weighted by molar-refractivity contribution is 9.10. The summed E-state index contributed by atoms with van der Waals surface area (Å²) in [5.41, 5.74) is 0.643. The lowest BCUT2D eigenvalue weighted by Gasteiger charge is -2.23. The average molecular weight is 302 g/mol. The summed E-state index contributed by atoms with van der Waals surface area (Å²) in [6, 6.07) is 1.82. The Balaban J connectivity index is 2.66. The first kappa shape index (κ1) is 14.3. The van der Waals surface area contributed by atoms with E-state index in [2.05, 4.69) is 32.7 Å². The van der Waals surface area contributed by atoms with Gasteiger partial charge in [-0.2, -0.15) is 0 Å². The molecule has 0 radical (unpaired) electrons. The number of rotatable bonds is 6. The summed E-state index contributed by atoms with van der Waals surface area (Å²) in [6.45, 7) is 4.52. The van der Waals surface area contributed by atoms with Gasteiger partial charge in [0.25, 0.3) is 5.91 Å². The quantitative estimate of drug-likeness (QED) is 0.875. The molecule has 0 spiro atoms. The molecule has 0 unspecified atom stereocenters. The molecule has 1 rings (SSSR count). The van der Waals surface area contributed by atoms with Gasteiger partial charge in [-0.1, -0.05) is 6.92 Å². The van der Waals surface area contributed by atoms with Crippen molar-refractivity contribution in [3.63, 3.8) is 0 Å². The van der Waals surface area contributed by atoms with Gasteiger partial charge < -0.3 is 14.8 Å². The van der Waals surface area contributed by atoms with E-state index < -0.39 is 0 Å². The molecule has 0 fully saturated rings. The van der Waals surface area contributed by atoms with Gasteiger partial charge in [0.1, 0.15) is 5.69 Å². The summed E-state index contributed by atoms with van der Waals surface area (Å²) >= 11 is 3.34. The molecular formula is C12H20BrN3O. The van der Waals surface area contributed by atoms with E-state index in [0.29, 0.717) is 5.69 Å². The number of nitrogens with zero attached hydrogens (tertiary/aromatic N) is 2. The van der Waals surface area contributed by atoms with Gasteiger partial charge in [-0.25, -0.2) is 0 Å². The molecule has 1 amide bonds. The Bertz CT molecular complexity index is 362. The van der Waals surface area contributed by atoms with Crippen LogP contribution >= 0.6 is 15.9 Å². The molecule has 0 aliphatic heterocycles. The molecule has 5 heteroatoms. The standard InChI is InChI=1S/C12H20BrN3O/c1-4-5-16(7-6-15(2)3)12(17)11-8-10(13)9-14-11/h8-9,14H,4-7H2,1-3H3. The zero-order valence-electron chi connectivity index (χ0n) is 10.7. The lowest BCUT2D eigenvalue weighted by molar-refractivity contribution is 0.0740. The highest BCUT2D eigenvalue weighted by Gasteiger charge is 2.16. The van der Waals surface area contributed by atoms with Crippen LogP contribution in [0.15, 0.2) is 16.7 Å². The number of aromatic amines is 1. The number of H-pyrrole nitrogens is 1. The van der Waals surface area contributed by atoms with Crippen molar-refractivity contribution in [1.82, 2.24) is 14.8 Å². The molecule has 1 aromatic heterocycles. The molecule has 0 saturated carbocycles. The van der Waals surface area contributed by atoms with E-state index in [9.17, 15) is 4.79 Å². The Morgan fingerprint density at radius 3 is 2.53 bits per heavy atom. The van der Waals surface area contributed by atoms with Gasteiger partial charge in [-0.05, 0) is 42.5 Å². The lowest BCUT2D eigenvalue weighted by Crippen LogP contribution is -2.37. The number of nitrogens with one attached hydrogen (secondary N) is 1. The maximum atomic E-state index is 12.2. The van der Waals surface area contributed by atoms with Crippen molar-refractivity contribution in [2.75, 3.05) is 33.7 Å². The summed E-state index contributed by atoms with van der Waals surface area (Å²) in [4.78, 5) is 19.2. The third-order valence-electron chi connectivity index (χ3n) is 2.48. The van der Waals surface area contributed by atoms with Crippen LogP contribution in [0.2, 0.25) is 0 Å². The molecule has 1 heterocycles. The van der Waals surface area contributed by atoms with Crippen LogP contribution in [0.3, 0.4) is 0 Å². The summed E-state index contributed by atoms with van der Waals surface area (Å²) in [7, 11) is 4.03. The van der Waals surface area contributed by atoms with Crippen LogP contribution in [0.1, 0.15) is 23.8 Å². The minimum Gasteiger partial charge on any atom is -0.356 e. The maximum absolute atomic E-state index is 12.2. The smallest absolute Gasteiger partial charge is 0.270 e. The van der Waals surface area contributed by atoms with Crippen molar-refractivity contribution in [3.8, 4) is 0 Å². The predicted molar refractivity (Wildman–Crippen MR) is 73.2 cm³/mol. The first-order valence-corrected chi connectivity index (χ1v) is 6.61. The third-order valence-corrected chi connectivity index (χ3v) is 2.93. The average Bonchev–Trinajstić information content (AvgIpc) is 2.70. The first-order chi connectivity index (χ1) is 8.04. The summed E-state index contributed by atoms with van der Waals surface area (Å²) in [5, 5.41) is 0. The van der Waals surface area contributed by atoms with Crippen molar-refractivity contribution in [1.29, 1.82) is 0 Å². The first-order valence-electron chi connectivity index (χ1n) is 5.82. The van der Waals surface area contributed by atoms with Gasteiger partial charge in [-0.3, -0.25) is 4.79 Å².